The van der Waals surface area contributed by atoms with Crippen LogP contribution in [0.2, 0.25) is 0 Å². The maximum absolute atomic E-state index is 5.67. The van der Waals surface area contributed by atoms with Gasteiger partial charge in [-0.25, -0.2) is 0 Å². The van der Waals surface area contributed by atoms with Gasteiger partial charge in [0, 0.05) is 11.6 Å². The molecule has 0 fully saturated rings. The van der Waals surface area contributed by atoms with Crippen molar-refractivity contribution in [1.29, 1.82) is 0 Å². The van der Waals surface area contributed by atoms with Gasteiger partial charge in [-0.15, -0.1) is 24.8 Å². The minimum Gasteiger partial charge on any atom is -0.493 e. The van der Waals surface area contributed by atoms with Crippen LogP contribution in [-0.2, 0) is 19.3 Å². The molecule has 1 atom stereocenters. The highest BCUT2D eigenvalue weighted by Crippen LogP contribution is 2.38. The molecule has 1 aliphatic rings. The van der Waals surface area contributed by atoms with Gasteiger partial charge < -0.3 is 19.7 Å². The highest BCUT2D eigenvalue weighted by molar-refractivity contribution is 5.85. The number of methoxy groups -OCH3 is 2. The van der Waals surface area contributed by atoms with Crippen molar-refractivity contribution in [3.8, 4) is 11.5 Å². The zero-order chi connectivity index (χ0) is 21.9. The van der Waals surface area contributed by atoms with E-state index in [4.69, 9.17) is 9.47 Å². The number of nitrogens with zero attached hydrogens (tertiary/aromatic N) is 1. The molecule has 33 heavy (non-hydrogen) atoms. The van der Waals surface area contributed by atoms with Crippen LogP contribution in [0.25, 0.3) is 0 Å². The van der Waals surface area contributed by atoms with E-state index < -0.39 is 0 Å². The molecule has 0 saturated heterocycles. The van der Waals surface area contributed by atoms with E-state index in [-0.39, 0.29) is 24.8 Å². The minimum absolute atomic E-state index is 0. The van der Waals surface area contributed by atoms with Crippen molar-refractivity contribution in [3.63, 3.8) is 0 Å². The molecule has 2 aromatic rings. The number of hydrogen-bond acceptors (Lipinski definition) is 4. The third kappa shape index (κ3) is 8.68. The van der Waals surface area contributed by atoms with Gasteiger partial charge in [-0.1, -0.05) is 43.3 Å². The van der Waals surface area contributed by atoms with E-state index in [9.17, 15) is 0 Å². The van der Waals surface area contributed by atoms with E-state index in [0.717, 1.165) is 43.9 Å². The molecule has 1 N–H and O–H groups in total. The molecule has 2 aromatic carbocycles. The van der Waals surface area contributed by atoms with Crippen LogP contribution < -0.4 is 14.8 Å². The summed E-state index contributed by atoms with van der Waals surface area (Å²) in [5.41, 5.74) is 4.19. The molecule has 0 bridgehead atoms. The van der Waals surface area contributed by atoms with E-state index in [1.54, 1.807) is 14.2 Å². The normalized spacial score (nSPS) is 14.7. The van der Waals surface area contributed by atoms with Crippen molar-refractivity contribution in [2.24, 2.45) is 0 Å². The summed E-state index contributed by atoms with van der Waals surface area (Å²) in [6.45, 7) is 6.85. The van der Waals surface area contributed by atoms with Gasteiger partial charge in [0.25, 0.3) is 0 Å². The van der Waals surface area contributed by atoms with E-state index in [1.807, 2.05) is 0 Å². The molecular weight excluding hydrogens is 455 g/mol. The smallest absolute Gasteiger partial charge is 0.164 e. The second kappa shape index (κ2) is 16.2. The average molecular weight is 498 g/mol. The molecule has 0 spiro atoms. The number of fused-ring (bicyclic) bond motifs is 1. The lowest BCUT2D eigenvalue weighted by molar-refractivity contribution is 0.175. The van der Waals surface area contributed by atoms with Crippen LogP contribution in [0.15, 0.2) is 42.5 Å². The summed E-state index contributed by atoms with van der Waals surface area (Å²) in [4.78, 5) is 2.73. The van der Waals surface area contributed by atoms with E-state index in [2.05, 4.69) is 59.6 Å². The average Bonchev–Trinajstić information content (AvgIpc) is 2.82. The van der Waals surface area contributed by atoms with Crippen molar-refractivity contribution in [2.45, 2.75) is 57.9 Å². The first-order valence-electron chi connectivity index (χ1n) is 12.0. The van der Waals surface area contributed by atoms with E-state index in [0.29, 0.717) is 6.04 Å². The maximum Gasteiger partial charge on any atom is 0.164 e. The Balaban J connectivity index is 0.00000272. The highest BCUT2D eigenvalue weighted by Gasteiger charge is 2.26. The molecule has 3 rings (SSSR count). The first-order chi connectivity index (χ1) is 15.3. The van der Waals surface area contributed by atoms with Gasteiger partial charge in [0.2, 0.25) is 0 Å². The Morgan fingerprint density at radius 2 is 1.73 bits per heavy atom. The summed E-state index contributed by atoms with van der Waals surface area (Å²) in [7, 11) is 3.47. The molecule has 1 aliphatic carbocycles. The van der Waals surface area contributed by atoms with Crippen LogP contribution in [0.5, 0.6) is 11.5 Å². The van der Waals surface area contributed by atoms with Gasteiger partial charge in [0.05, 0.1) is 14.2 Å². The fourth-order valence-electron chi connectivity index (χ4n) is 4.81. The molecule has 6 heteroatoms. The molecule has 0 aromatic heterocycles. The minimum atomic E-state index is 0. The zero-order valence-electron chi connectivity index (χ0n) is 20.5. The fraction of sp³-hybridized carbons (Fsp3) is 0.556. The number of ether oxygens (including phenoxy) is 2. The van der Waals surface area contributed by atoms with Gasteiger partial charge in [0.1, 0.15) is 0 Å². The van der Waals surface area contributed by atoms with Crippen molar-refractivity contribution in [3.05, 3.63) is 59.2 Å². The third-order valence-electron chi connectivity index (χ3n) is 6.44. The van der Waals surface area contributed by atoms with Gasteiger partial charge >= 0.3 is 0 Å². The molecule has 0 amide bonds. The topological polar surface area (TPSA) is 33.7 Å². The van der Waals surface area contributed by atoms with Crippen molar-refractivity contribution in [1.82, 2.24) is 10.2 Å². The molecular formula is C27H42Cl2N2O2. The summed E-state index contributed by atoms with van der Waals surface area (Å²) < 4.78 is 11.2. The number of benzene rings is 2. The highest BCUT2D eigenvalue weighted by atomic mass is 35.5. The van der Waals surface area contributed by atoms with Crippen LogP contribution in [0, 0.1) is 0 Å². The predicted molar refractivity (Wildman–Crippen MR) is 144 cm³/mol. The summed E-state index contributed by atoms with van der Waals surface area (Å²) in [5.74, 6) is 1.78. The summed E-state index contributed by atoms with van der Waals surface area (Å²) in [6, 6.07) is 15.7. The molecule has 4 nitrogen and oxygen atoms in total. The summed E-state index contributed by atoms with van der Waals surface area (Å²) in [5, 5.41) is 3.61. The van der Waals surface area contributed by atoms with Crippen LogP contribution in [-0.4, -0.2) is 51.3 Å². The predicted octanol–water partition coefficient (Wildman–Crippen LogP) is 5.73. The Labute approximate surface area is 213 Å². The molecule has 0 aliphatic heterocycles. The SMILES string of the molecule is CCCN(CCCCNCCc1ccccc1)[C@H]1CCc2c(ccc(OC)c2OC)C1.Cl.Cl. The molecule has 186 valence electrons. The van der Waals surface area contributed by atoms with Crippen molar-refractivity contribution in [2.75, 3.05) is 40.4 Å². The molecule has 0 unspecified atom stereocenters. The lowest BCUT2D eigenvalue weighted by Gasteiger charge is -2.36. The Hall–Kier alpha value is -1.46. The van der Waals surface area contributed by atoms with Gasteiger partial charge in [-0.2, -0.15) is 0 Å². The standard InChI is InChI=1S/C27H40N2O2.2ClH/c1-4-19-29(20-9-8-17-28-18-16-22-10-6-5-7-11-22)24-13-14-25-23(21-24)12-15-26(30-2)27(25)31-3;;/h5-7,10-12,15,24,28H,4,8-9,13-14,16-21H2,1-3H3;2*1H/t24-;;/m0../s1. The first-order valence-corrected chi connectivity index (χ1v) is 12.0. The number of halogens is 2. The lowest BCUT2D eigenvalue weighted by Crippen LogP contribution is -2.40. The maximum atomic E-state index is 5.67. The lowest BCUT2D eigenvalue weighted by atomic mass is 9.86. The third-order valence-corrected chi connectivity index (χ3v) is 6.44. The summed E-state index contributed by atoms with van der Waals surface area (Å²) >= 11 is 0. The molecule has 0 radical (unpaired) electrons. The monoisotopic (exact) mass is 496 g/mol. The second-order valence-corrected chi connectivity index (χ2v) is 8.56. The van der Waals surface area contributed by atoms with E-state index >= 15 is 0 Å². The van der Waals surface area contributed by atoms with Crippen LogP contribution in [0.4, 0.5) is 0 Å². The Bertz CT molecular complexity index is 789. The van der Waals surface area contributed by atoms with Crippen LogP contribution >= 0.6 is 24.8 Å². The number of rotatable bonds is 13. The second-order valence-electron chi connectivity index (χ2n) is 8.56. The molecule has 0 saturated carbocycles. The molecule has 0 heterocycles. The number of nitrogens with one attached hydrogen (secondary N) is 1. The van der Waals surface area contributed by atoms with Crippen molar-refractivity contribution < 1.29 is 9.47 Å². The van der Waals surface area contributed by atoms with Crippen LogP contribution in [0.3, 0.4) is 0 Å². The number of hydrogen-bond donors (Lipinski definition) is 1. The number of unbranched alkanes of at least 4 members (excludes halogenated alkanes) is 1. The van der Waals surface area contributed by atoms with Gasteiger partial charge in [0.15, 0.2) is 11.5 Å². The quantitative estimate of drug-likeness (QED) is 0.359. The van der Waals surface area contributed by atoms with Gasteiger partial charge in [-0.3, -0.25) is 0 Å². The Morgan fingerprint density at radius 1 is 0.939 bits per heavy atom. The van der Waals surface area contributed by atoms with Crippen LogP contribution in [0.1, 0.15) is 49.3 Å². The Morgan fingerprint density at radius 3 is 2.42 bits per heavy atom. The Kier molecular flexibility index (Phi) is 14.5. The zero-order valence-corrected chi connectivity index (χ0v) is 22.1. The van der Waals surface area contributed by atoms with Crippen molar-refractivity contribution >= 4 is 24.8 Å². The first kappa shape index (κ1) is 29.6. The fourth-order valence-corrected chi connectivity index (χ4v) is 4.81. The summed E-state index contributed by atoms with van der Waals surface area (Å²) in [6.07, 6.45) is 8.21. The largest absolute Gasteiger partial charge is 0.493 e. The van der Waals surface area contributed by atoms with E-state index in [1.165, 1.54) is 55.5 Å². The van der Waals surface area contributed by atoms with Gasteiger partial charge in [-0.05, 0) is 88.3 Å².